The first-order valence-electron chi connectivity index (χ1n) is 9.77. The predicted molar refractivity (Wildman–Crippen MR) is 113 cm³/mol. The van der Waals surface area contributed by atoms with Gasteiger partial charge in [-0.1, -0.05) is 31.2 Å². The summed E-state index contributed by atoms with van der Waals surface area (Å²) in [5, 5.41) is 11.8. The van der Waals surface area contributed by atoms with Crippen LogP contribution in [0.1, 0.15) is 24.5 Å². The number of rotatable bonds is 8. The fraction of sp³-hybridized carbons (Fsp3) is 0.208. The monoisotopic (exact) mass is 429 g/mol. The number of carboxylic acids is 1. The third-order valence-corrected chi connectivity index (χ3v) is 4.93. The third-order valence-electron chi connectivity index (χ3n) is 4.93. The summed E-state index contributed by atoms with van der Waals surface area (Å²) in [5.74, 6) is -3.76. The standard InChI is InChI=1S/C24H22F3NO3/c1-3-20(24(29)30)31-21-10-9-19(26)23(22(21)27)28-13-17-11-16(8-7-14(17)2)15-5-4-6-18(25)12-15/h4-12,20,28H,3,13H2,1-2H3,(H,29,30). The van der Waals surface area contributed by atoms with Gasteiger partial charge in [0.05, 0.1) is 0 Å². The summed E-state index contributed by atoms with van der Waals surface area (Å²) in [6.45, 7) is 3.55. The zero-order chi connectivity index (χ0) is 22.5. The lowest BCUT2D eigenvalue weighted by atomic mass is 9.99. The van der Waals surface area contributed by atoms with Crippen molar-refractivity contribution in [1.29, 1.82) is 0 Å². The fourth-order valence-corrected chi connectivity index (χ4v) is 3.14. The number of ether oxygens (including phenoxy) is 1. The van der Waals surface area contributed by atoms with Gasteiger partial charge in [0.25, 0.3) is 0 Å². The van der Waals surface area contributed by atoms with Crippen molar-refractivity contribution in [2.75, 3.05) is 5.32 Å². The van der Waals surface area contributed by atoms with Gasteiger partial charge in [0.1, 0.15) is 17.3 Å². The summed E-state index contributed by atoms with van der Waals surface area (Å²) in [5.41, 5.74) is 2.70. The van der Waals surface area contributed by atoms with E-state index < -0.39 is 29.4 Å². The zero-order valence-electron chi connectivity index (χ0n) is 17.1. The van der Waals surface area contributed by atoms with Gasteiger partial charge >= 0.3 is 5.97 Å². The number of anilines is 1. The van der Waals surface area contributed by atoms with Crippen molar-refractivity contribution in [1.82, 2.24) is 0 Å². The number of hydrogen-bond acceptors (Lipinski definition) is 3. The Kier molecular flexibility index (Phi) is 6.84. The number of benzene rings is 3. The van der Waals surface area contributed by atoms with Gasteiger partial charge in [-0.2, -0.15) is 0 Å². The van der Waals surface area contributed by atoms with Crippen LogP contribution in [0, 0.1) is 24.4 Å². The average molecular weight is 429 g/mol. The van der Waals surface area contributed by atoms with Gasteiger partial charge in [-0.15, -0.1) is 0 Å². The number of halogens is 3. The molecule has 0 aliphatic rings. The lowest BCUT2D eigenvalue weighted by Crippen LogP contribution is -2.26. The van der Waals surface area contributed by atoms with Crippen LogP contribution >= 0.6 is 0 Å². The van der Waals surface area contributed by atoms with E-state index in [0.29, 0.717) is 5.56 Å². The Balaban J connectivity index is 1.85. The van der Waals surface area contributed by atoms with Crippen LogP contribution in [0.2, 0.25) is 0 Å². The smallest absolute Gasteiger partial charge is 0.344 e. The number of aliphatic carboxylic acids is 1. The van der Waals surface area contributed by atoms with E-state index in [0.717, 1.165) is 28.8 Å². The molecular weight excluding hydrogens is 407 g/mol. The molecule has 31 heavy (non-hydrogen) atoms. The Bertz CT molecular complexity index is 1100. The first kappa shape index (κ1) is 22.2. The van der Waals surface area contributed by atoms with Gasteiger partial charge in [0.15, 0.2) is 17.7 Å². The predicted octanol–water partition coefficient (Wildman–Crippen LogP) is 5.93. The van der Waals surface area contributed by atoms with Gasteiger partial charge in [-0.25, -0.2) is 18.0 Å². The molecule has 3 aromatic rings. The largest absolute Gasteiger partial charge is 0.479 e. The first-order chi connectivity index (χ1) is 14.8. The van der Waals surface area contributed by atoms with Crippen molar-refractivity contribution >= 4 is 11.7 Å². The maximum Gasteiger partial charge on any atom is 0.344 e. The molecule has 0 radical (unpaired) electrons. The number of carbonyl (C=O) groups is 1. The number of carboxylic acid groups (broad SMARTS) is 1. The maximum absolute atomic E-state index is 14.8. The number of nitrogens with one attached hydrogen (secondary N) is 1. The van der Waals surface area contributed by atoms with E-state index in [2.05, 4.69) is 5.32 Å². The molecule has 0 amide bonds. The van der Waals surface area contributed by atoms with E-state index in [9.17, 15) is 18.0 Å². The van der Waals surface area contributed by atoms with Gasteiger partial charge in [-0.05, 0) is 65.9 Å². The summed E-state index contributed by atoms with van der Waals surface area (Å²) in [7, 11) is 0. The van der Waals surface area contributed by atoms with Gasteiger partial charge in [-0.3, -0.25) is 0 Å². The molecule has 0 aromatic heterocycles. The highest BCUT2D eigenvalue weighted by Crippen LogP contribution is 2.30. The van der Waals surface area contributed by atoms with E-state index in [4.69, 9.17) is 9.84 Å². The second-order valence-corrected chi connectivity index (χ2v) is 7.09. The summed E-state index contributed by atoms with van der Waals surface area (Å²) in [6.07, 6.45) is -1.11. The normalized spacial score (nSPS) is 11.8. The molecule has 0 fully saturated rings. The number of aryl methyl sites for hydroxylation is 1. The molecule has 1 atom stereocenters. The molecule has 0 aliphatic carbocycles. The minimum Gasteiger partial charge on any atom is -0.479 e. The lowest BCUT2D eigenvalue weighted by molar-refractivity contribution is -0.145. The zero-order valence-corrected chi connectivity index (χ0v) is 17.1. The molecule has 0 saturated carbocycles. The molecule has 3 aromatic carbocycles. The van der Waals surface area contributed by atoms with Crippen LogP contribution in [-0.2, 0) is 11.3 Å². The van der Waals surface area contributed by atoms with Crippen molar-refractivity contribution in [3.8, 4) is 16.9 Å². The quantitative estimate of drug-likeness (QED) is 0.466. The lowest BCUT2D eigenvalue weighted by Gasteiger charge is -2.17. The molecule has 0 heterocycles. The Morgan fingerprint density at radius 1 is 1.06 bits per heavy atom. The number of hydrogen-bond donors (Lipinski definition) is 2. The maximum atomic E-state index is 14.8. The van der Waals surface area contributed by atoms with Crippen molar-refractivity contribution < 1.29 is 27.8 Å². The molecule has 2 N–H and O–H groups in total. The Hall–Kier alpha value is -3.48. The summed E-state index contributed by atoms with van der Waals surface area (Å²) in [6, 6.07) is 13.8. The molecule has 7 heteroatoms. The second-order valence-electron chi connectivity index (χ2n) is 7.09. The van der Waals surface area contributed by atoms with Crippen molar-refractivity contribution in [2.24, 2.45) is 0 Å². The van der Waals surface area contributed by atoms with Crippen LogP contribution in [0.15, 0.2) is 54.6 Å². The molecule has 0 saturated heterocycles. The minimum absolute atomic E-state index is 0.0996. The Morgan fingerprint density at radius 3 is 2.48 bits per heavy atom. The van der Waals surface area contributed by atoms with Gasteiger partial charge in [0.2, 0.25) is 0 Å². The Labute approximate surface area is 178 Å². The van der Waals surface area contributed by atoms with E-state index in [1.807, 2.05) is 25.1 Å². The van der Waals surface area contributed by atoms with Gasteiger partial charge < -0.3 is 15.2 Å². The molecule has 0 spiro atoms. The summed E-state index contributed by atoms with van der Waals surface area (Å²) >= 11 is 0. The van der Waals surface area contributed by atoms with Crippen LogP contribution in [-0.4, -0.2) is 17.2 Å². The van der Waals surface area contributed by atoms with Gasteiger partial charge in [0, 0.05) is 6.54 Å². The second kappa shape index (κ2) is 9.55. The van der Waals surface area contributed by atoms with E-state index in [1.54, 1.807) is 19.1 Å². The van der Waals surface area contributed by atoms with Crippen molar-refractivity contribution in [3.05, 3.63) is 83.2 Å². The average Bonchev–Trinajstić information content (AvgIpc) is 2.74. The van der Waals surface area contributed by atoms with Crippen molar-refractivity contribution in [3.63, 3.8) is 0 Å². The molecule has 3 rings (SSSR count). The van der Waals surface area contributed by atoms with Crippen molar-refractivity contribution in [2.45, 2.75) is 32.9 Å². The van der Waals surface area contributed by atoms with E-state index in [1.165, 1.54) is 12.1 Å². The Morgan fingerprint density at radius 2 is 1.81 bits per heavy atom. The molecule has 0 bridgehead atoms. The highest BCUT2D eigenvalue weighted by atomic mass is 19.1. The third kappa shape index (κ3) is 5.17. The molecular formula is C24H22F3NO3. The van der Waals surface area contributed by atoms with Crippen LogP contribution in [0.4, 0.5) is 18.9 Å². The highest BCUT2D eigenvalue weighted by Gasteiger charge is 2.22. The van der Waals surface area contributed by atoms with E-state index in [-0.39, 0.29) is 24.5 Å². The molecule has 0 aliphatic heterocycles. The van der Waals surface area contributed by atoms with Crippen LogP contribution in [0.3, 0.4) is 0 Å². The topological polar surface area (TPSA) is 58.6 Å². The minimum atomic E-state index is -1.24. The highest BCUT2D eigenvalue weighted by molar-refractivity contribution is 5.72. The molecule has 162 valence electrons. The van der Waals surface area contributed by atoms with Crippen LogP contribution < -0.4 is 10.1 Å². The molecule has 1 unspecified atom stereocenters. The summed E-state index contributed by atoms with van der Waals surface area (Å²) < 4.78 is 47.9. The fourth-order valence-electron chi connectivity index (χ4n) is 3.14. The summed E-state index contributed by atoms with van der Waals surface area (Å²) in [4.78, 5) is 11.2. The first-order valence-corrected chi connectivity index (χ1v) is 9.77. The van der Waals surface area contributed by atoms with Crippen LogP contribution in [0.25, 0.3) is 11.1 Å². The van der Waals surface area contributed by atoms with Crippen LogP contribution in [0.5, 0.6) is 5.75 Å². The molecule has 4 nitrogen and oxygen atoms in total. The SMILES string of the molecule is CCC(Oc1ccc(F)c(NCc2cc(-c3cccc(F)c3)ccc2C)c1F)C(=O)O. The van der Waals surface area contributed by atoms with E-state index >= 15 is 0 Å².